The van der Waals surface area contributed by atoms with Gasteiger partial charge in [0.15, 0.2) is 0 Å². The van der Waals surface area contributed by atoms with Crippen LogP contribution in [0.5, 0.6) is 0 Å². The first-order valence-corrected chi connectivity index (χ1v) is 8.57. The van der Waals surface area contributed by atoms with E-state index in [-0.39, 0.29) is 18.0 Å². The largest absolute Gasteiger partial charge is 0.352 e. The fourth-order valence-electron chi connectivity index (χ4n) is 2.51. The second kappa shape index (κ2) is 5.03. The molecule has 2 aromatic rings. The molecule has 0 unspecified atom stereocenters. The van der Waals surface area contributed by atoms with E-state index < -0.39 is 10.0 Å². The number of nitrogens with one attached hydrogen (secondary N) is 2. The molecule has 112 valence electrons. The summed E-state index contributed by atoms with van der Waals surface area (Å²) in [5.74, 6) is 0.670. The zero-order valence-corrected chi connectivity index (χ0v) is 12.6. The molecule has 0 bridgehead atoms. The van der Waals surface area contributed by atoms with Crippen LogP contribution in [0, 0.1) is 0 Å². The van der Waals surface area contributed by atoms with Crippen molar-refractivity contribution in [1.29, 1.82) is 0 Å². The molecule has 7 nitrogen and oxygen atoms in total. The minimum atomic E-state index is -3.39. The van der Waals surface area contributed by atoms with E-state index in [0.29, 0.717) is 5.95 Å². The Morgan fingerprint density at radius 1 is 1.33 bits per heavy atom. The van der Waals surface area contributed by atoms with Crippen LogP contribution < -0.4 is 10.0 Å². The highest BCUT2D eigenvalue weighted by molar-refractivity contribution is 7.91. The van der Waals surface area contributed by atoms with Crippen molar-refractivity contribution < 1.29 is 8.42 Å². The van der Waals surface area contributed by atoms with Crippen LogP contribution in [0.25, 0.3) is 0 Å². The highest BCUT2D eigenvalue weighted by Gasteiger charge is 2.28. The number of benzene rings is 1. The fourth-order valence-corrected chi connectivity index (χ4v) is 2.93. The second-order valence-corrected chi connectivity index (χ2v) is 7.03. The van der Waals surface area contributed by atoms with Gasteiger partial charge in [-0.15, -0.1) is 5.10 Å². The summed E-state index contributed by atoms with van der Waals surface area (Å²) in [5, 5.41) is 7.50. The quantitative estimate of drug-likeness (QED) is 0.896. The molecular formula is C13H17N5O2S. The maximum absolute atomic E-state index is 11.3. The molecule has 0 spiro atoms. The molecule has 0 amide bonds. The van der Waals surface area contributed by atoms with Gasteiger partial charge in [0, 0.05) is 6.04 Å². The number of sulfonamides is 1. The molecule has 1 aliphatic rings. The Morgan fingerprint density at radius 2 is 2.05 bits per heavy atom. The van der Waals surface area contributed by atoms with E-state index in [1.807, 2.05) is 30.3 Å². The van der Waals surface area contributed by atoms with Gasteiger partial charge in [0.05, 0.1) is 12.3 Å². The van der Waals surface area contributed by atoms with Gasteiger partial charge < -0.3 is 5.32 Å². The van der Waals surface area contributed by atoms with Gasteiger partial charge in [0.2, 0.25) is 16.0 Å². The zero-order chi connectivity index (χ0) is 15.0. The Kier molecular flexibility index (Phi) is 3.32. The lowest BCUT2D eigenvalue weighted by atomic mass is 9.99. The van der Waals surface area contributed by atoms with E-state index in [9.17, 15) is 8.42 Å². The maximum Gasteiger partial charge on any atom is 0.257 e. The number of anilines is 2. The van der Waals surface area contributed by atoms with Gasteiger partial charge in [-0.1, -0.05) is 30.3 Å². The van der Waals surface area contributed by atoms with Gasteiger partial charge in [0.25, 0.3) is 5.95 Å². The van der Waals surface area contributed by atoms with Crippen molar-refractivity contribution in [3.05, 3.63) is 35.9 Å². The lowest BCUT2D eigenvalue weighted by Crippen LogP contribution is -2.31. The standard InChI is InChI=1S/C13H17N5O2S/c1-9-8-11(10-6-4-3-5-7-10)18-13(14-9)15-12(16-18)17-21(2,19)20/h3-7,9,11H,8H2,1-2H3,(H2,14,15,16,17)/t9-,11+/m1/s1. The SMILES string of the molecule is C[C@@H]1C[C@@H](c2ccccc2)n2nc(NS(C)(=O)=O)nc2N1. The van der Waals surface area contributed by atoms with E-state index in [4.69, 9.17) is 0 Å². The first kappa shape index (κ1) is 13.9. The molecular weight excluding hydrogens is 290 g/mol. The number of rotatable bonds is 3. The topological polar surface area (TPSA) is 88.9 Å². The number of hydrogen-bond donors (Lipinski definition) is 2. The molecule has 1 aromatic heterocycles. The molecule has 0 aliphatic carbocycles. The smallest absolute Gasteiger partial charge is 0.257 e. The average molecular weight is 307 g/mol. The molecule has 1 aromatic carbocycles. The van der Waals surface area contributed by atoms with E-state index in [1.54, 1.807) is 4.68 Å². The zero-order valence-electron chi connectivity index (χ0n) is 11.8. The minimum absolute atomic E-state index is 0.0417. The van der Waals surface area contributed by atoms with Crippen molar-refractivity contribution in [3.63, 3.8) is 0 Å². The molecule has 21 heavy (non-hydrogen) atoms. The van der Waals surface area contributed by atoms with Gasteiger partial charge in [-0.25, -0.2) is 13.1 Å². The Morgan fingerprint density at radius 3 is 2.71 bits per heavy atom. The number of hydrogen-bond acceptors (Lipinski definition) is 5. The summed E-state index contributed by atoms with van der Waals surface area (Å²) in [5.41, 5.74) is 1.13. The van der Waals surface area contributed by atoms with Crippen molar-refractivity contribution in [1.82, 2.24) is 14.8 Å². The molecule has 8 heteroatoms. The van der Waals surface area contributed by atoms with Crippen molar-refractivity contribution in [2.45, 2.75) is 25.4 Å². The molecule has 2 atom stereocenters. The van der Waals surface area contributed by atoms with Crippen molar-refractivity contribution >= 4 is 21.9 Å². The molecule has 2 heterocycles. The highest BCUT2D eigenvalue weighted by atomic mass is 32.2. The Labute approximate surface area is 123 Å². The van der Waals surface area contributed by atoms with Gasteiger partial charge in [-0.05, 0) is 18.9 Å². The maximum atomic E-state index is 11.3. The van der Waals surface area contributed by atoms with Crippen LogP contribution in [0.2, 0.25) is 0 Å². The highest BCUT2D eigenvalue weighted by Crippen LogP contribution is 2.31. The van der Waals surface area contributed by atoms with Crippen LogP contribution in [0.3, 0.4) is 0 Å². The summed E-state index contributed by atoms with van der Waals surface area (Å²) in [6, 6.07) is 10.3. The summed E-state index contributed by atoms with van der Waals surface area (Å²) in [7, 11) is -3.39. The molecule has 1 aliphatic heterocycles. The fraction of sp³-hybridized carbons (Fsp3) is 0.385. The van der Waals surface area contributed by atoms with Crippen LogP contribution in [-0.2, 0) is 10.0 Å². The molecule has 3 rings (SSSR count). The molecule has 0 fully saturated rings. The number of aromatic nitrogens is 3. The van der Waals surface area contributed by atoms with Gasteiger partial charge >= 0.3 is 0 Å². The van der Waals surface area contributed by atoms with Crippen LogP contribution in [0.1, 0.15) is 24.9 Å². The van der Waals surface area contributed by atoms with Gasteiger partial charge in [-0.2, -0.15) is 4.98 Å². The first-order chi connectivity index (χ1) is 9.92. The van der Waals surface area contributed by atoms with Gasteiger partial charge in [0.1, 0.15) is 0 Å². The van der Waals surface area contributed by atoms with Crippen LogP contribution in [0.15, 0.2) is 30.3 Å². The molecule has 2 N–H and O–H groups in total. The van der Waals surface area contributed by atoms with Crippen molar-refractivity contribution in [2.24, 2.45) is 0 Å². The van der Waals surface area contributed by atoms with E-state index in [0.717, 1.165) is 18.2 Å². The third-order valence-corrected chi connectivity index (χ3v) is 3.89. The van der Waals surface area contributed by atoms with Crippen LogP contribution in [0.4, 0.5) is 11.9 Å². The second-order valence-electron chi connectivity index (χ2n) is 5.29. The van der Waals surface area contributed by atoms with Gasteiger partial charge in [-0.3, -0.25) is 4.72 Å². The predicted octanol–water partition coefficient (Wildman–Crippen LogP) is 1.44. The summed E-state index contributed by atoms with van der Waals surface area (Å²) in [6.07, 6.45) is 1.94. The average Bonchev–Trinajstić information content (AvgIpc) is 2.78. The lowest BCUT2D eigenvalue weighted by Gasteiger charge is -2.29. The summed E-state index contributed by atoms with van der Waals surface area (Å²) in [4.78, 5) is 4.21. The monoisotopic (exact) mass is 307 g/mol. The summed E-state index contributed by atoms with van der Waals surface area (Å²) >= 11 is 0. The van der Waals surface area contributed by atoms with Crippen LogP contribution in [-0.4, -0.2) is 35.5 Å². The normalized spacial score (nSPS) is 21.4. The molecule has 0 saturated heterocycles. The van der Waals surface area contributed by atoms with E-state index in [1.165, 1.54) is 0 Å². The number of fused-ring (bicyclic) bond motifs is 1. The van der Waals surface area contributed by atoms with Crippen molar-refractivity contribution in [3.8, 4) is 0 Å². The summed E-state index contributed by atoms with van der Waals surface area (Å²) in [6.45, 7) is 2.07. The Balaban J connectivity index is 2.00. The van der Waals surface area contributed by atoms with E-state index in [2.05, 4.69) is 27.0 Å². The third kappa shape index (κ3) is 2.99. The minimum Gasteiger partial charge on any atom is -0.352 e. The Bertz CT molecular complexity index is 741. The third-order valence-electron chi connectivity index (χ3n) is 3.34. The summed E-state index contributed by atoms with van der Waals surface area (Å²) < 4.78 is 26.7. The van der Waals surface area contributed by atoms with Crippen LogP contribution >= 0.6 is 0 Å². The molecule has 0 saturated carbocycles. The van der Waals surface area contributed by atoms with E-state index >= 15 is 0 Å². The molecule has 0 radical (unpaired) electrons. The van der Waals surface area contributed by atoms with Crippen molar-refractivity contribution in [2.75, 3.05) is 16.3 Å². The lowest BCUT2D eigenvalue weighted by molar-refractivity contribution is 0.438. The predicted molar refractivity (Wildman–Crippen MR) is 80.8 cm³/mol. The first-order valence-electron chi connectivity index (χ1n) is 6.68. The number of nitrogens with zero attached hydrogens (tertiary/aromatic N) is 3. The Hall–Kier alpha value is -2.09.